The minimum absolute atomic E-state index is 0. The Kier molecular flexibility index (Phi) is 5.41. The lowest BCUT2D eigenvalue weighted by Gasteiger charge is -2.12. The van der Waals surface area contributed by atoms with E-state index in [1.807, 2.05) is 0 Å². The molecule has 1 amide bonds. The number of rotatable bonds is 2. The van der Waals surface area contributed by atoms with Crippen molar-refractivity contribution in [1.82, 2.24) is 14.9 Å². The molecule has 0 saturated carbocycles. The van der Waals surface area contributed by atoms with Gasteiger partial charge in [0.1, 0.15) is 0 Å². The summed E-state index contributed by atoms with van der Waals surface area (Å²) in [5.41, 5.74) is 6.16. The van der Waals surface area contributed by atoms with E-state index in [9.17, 15) is 18.0 Å². The highest BCUT2D eigenvalue weighted by Gasteiger charge is 2.31. The summed E-state index contributed by atoms with van der Waals surface area (Å²) in [7, 11) is 0. The van der Waals surface area contributed by atoms with Gasteiger partial charge in [-0.15, -0.1) is 12.4 Å². The summed E-state index contributed by atoms with van der Waals surface area (Å²) in [6.07, 6.45) is -1.49. The van der Waals surface area contributed by atoms with Gasteiger partial charge in [0.25, 0.3) is 5.91 Å². The molecule has 30 heavy (non-hydrogen) atoms. The van der Waals surface area contributed by atoms with Gasteiger partial charge in [-0.3, -0.25) is 20.5 Å². The molecule has 0 bridgehead atoms. The van der Waals surface area contributed by atoms with Crippen LogP contribution >= 0.6 is 12.4 Å². The third-order valence-electron chi connectivity index (χ3n) is 4.51. The summed E-state index contributed by atoms with van der Waals surface area (Å²) in [6, 6.07) is 11.9. The standard InChI is InChI=1S/C20H14F3N5O.ClH/c21-20(22,23)11-5-6-15-13(9-11)17(7-8-26-15)28-10-14(18(29)27-19(24)25)12-3-1-2-4-16(12)28;/h1-10H,(H4,24,25,27,29);1H. The van der Waals surface area contributed by atoms with Crippen LogP contribution in [0.4, 0.5) is 13.2 Å². The summed E-state index contributed by atoms with van der Waals surface area (Å²) in [6.45, 7) is 0. The monoisotopic (exact) mass is 433 g/mol. The Morgan fingerprint density at radius 3 is 2.53 bits per heavy atom. The number of carbonyl (C=O) groups excluding carboxylic acids is 1. The number of hydrogen-bond donors (Lipinski definition) is 3. The lowest BCUT2D eigenvalue weighted by molar-refractivity contribution is -0.137. The zero-order chi connectivity index (χ0) is 20.8. The normalized spacial score (nSPS) is 11.3. The fourth-order valence-electron chi connectivity index (χ4n) is 3.27. The number of fused-ring (bicyclic) bond motifs is 2. The van der Waals surface area contributed by atoms with Crippen LogP contribution < -0.4 is 11.1 Å². The topological polar surface area (TPSA) is 96.8 Å². The van der Waals surface area contributed by atoms with Gasteiger partial charge in [0.2, 0.25) is 0 Å². The Morgan fingerprint density at radius 1 is 1.10 bits per heavy atom. The molecule has 2 heterocycles. The van der Waals surface area contributed by atoms with Crippen LogP contribution in [0, 0.1) is 5.41 Å². The van der Waals surface area contributed by atoms with Crippen molar-refractivity contribution in [3.8, 4) is 5.69 Å². The first kappa shape index (κ1) is 21.1. The van der Waals surface area contributed by atoms with Gasteiger partial charge >= 0.3 is 6.18 Å². The van der Waals surface area contributed by atoms with Crippen molar-refractivity contribution in [1.29, 1.82) is 5.41 Å². The molecule has 2 aromatic heterocycles. The summed E-state index contributed by atoms with van der Waals surface area (Å²) < 4.78 is 41.3. The molecular weight excluding hydrogens is 419 g/mol. The highest BCUT2D eigenvalue weighted by molar-refractivity contribution is 6.12. The molecular formula is C20H15ClF3N5O. The molecule has 0 saturated heterocycles. The van der Waals surface area contributed by atoms with E-state index in [0.29, 0.717) is 27.5 Å². The van der Waals surface area contributed by atoms with E-state index in [-0.39, 0.29) is 18.0 Å². The van der Waals surface area contributed by atoms with E-state index in [1.165, 1.54) is 18.5 Å². The fourth-order valence-corrected chi connectivity index (χ4v) is 3.27. The number of nitrogens with one attached hydrogen (secondary N) is 2. The maximum atomic E-state index is 13.2. The molecule has 0 fully saturated rings. The Balaban J connectivity index is 0.00000256. The third-order valence-corrected chi connectivity index (χ3v) is 4.51. The third kappa shape index (κ3) is 3.67. The summed E-state index contributed by atoms with van der Waals surface area (Å²) in [5, 5.41) is 10.4. The predicted molar refractivity (Wildman–Crippen MR) is 110 cm³/mol. The number of nitrogens with two attached hydrogens (primary N) is 1. The Bertz CT molecular complexity index is 1280. The number of alkyl halides is 3. The van der Waals surface area contributed by atoms with Crippen LogP contribution in [0.15, 0.2) is 60.9 Å². The second-order valence-corrected chi connectivity index (χ2v) is 6.36. The van der Waals surface area contributed by atoms with Crippen LogP contribution in [0.25, 0.3) is 27.5 Å². The average molecular weight is 434 g/mol. The molecule has 10 heteroatoms. The number of pyridine rings is 1. The molecule has 6 nitrogen and oxygen atoms in total. The molecule has 0 aliphatic heterocycles. The van der Waals surface area contributed by atoms with Crippen LogP contribution in [0.3, 0.4) is 0 Å². The molecule has 154 valence electrons. The summed E-state index contributed by atoms with van der Waals surface area (Å²) in [4.78, 5) is 16.6. The van der Waals surface area contributed by atoms with Crippen LogP contribution in [-0.2, 0) is 6.18 Å². The SMILES string of the molecule is Cl.N=C(N)NC(=O)c1cn(-c2ccnc3ccc(C(F)(F)F)cc23)c2ccccc12. The molecule has 0 radical (unpaired) electrons. The second-order valence-electron chi connectivity index (χ2n) is 6.36. The van der Waals surface area contributed by atoms with Crippen molar-refractivity contribution in [2.24, 2.45) is 5.73 Å². The first-order valence-electron chi connectivity index (χ1n) is 8.47. The van der Waals surface area contributed by atoms with Gasteiger partial charge in [-0.25, -0.2) is 0 Å². The molecule has 4 rings (SSSR count). The summed E-state index contributed by atoms with van der Waals surface area (Å²) in [5.74, 6) is -1.09. The Labute approximate surface area is 174 Å². The molecule has 2 aromatic carbocycles. The molecule has 4 aromatic rings. The predicted octanol–water partition coefficient (Wildman–Crippen LogP) is 4.24. The number of halogens is 4. The van der Waals surface area contributed by atoms with Crippen molar-refractivity contribution in [3.63, 3.8) is 0 Å². The van der Waals surface area contributed by atoms with Crippen LogP contribution in [0.1, 0.15) is 15.9 Å². The number of aromatic nitrogens is 2. The lowest BCUT2D eigenvalue weighted by Crippen LogP contribution is -2.35. The number of nitrogens with zero attached hydrogens (tertiary/aromatic N) is 2. The van der Waals surface area contributed by atoms with Crippen molar-refractivity contribution in [3.05, 3.63) is 72.1 Å². The number of amides is 1. The smallest absolute Gasteiger partial charge is 0.370 e. The van der Waals surface area contributed by atoms with Gasteiger partial charge in [-0.05, 0) is 30.3 Å². The number of guanidine groups is 1. The number of hydrogen-bond acceptors (Lipinski definition) is 3. The molecule has 0 aliphatic rings. The maximum absolute atomic E-state index is 13.2. The van der Waals surface area contributed by atoms with Crippen LogP contribution in [0.2, 0.25) is 0 Å². The maximum Gasteiger partial charge on any atom is 0.416 e. The van der Waals surface area contributed by atoms with E-state index >= 15 is 0 Å². The highest BCUT2D eigenvalue weighted by Crippen LogP contribution is 2.34. The lowest BCUT2D eigenvalue weighted by atomic mass is 10.1. The van der Waals surface area contributed by atoms with Crippen LogP contribution in [0.5, 0.6) is 0 Å². The van der Waals surface area contributed by atoms with Crippen LogP contribution in [-0.4, -0.2) is 21.4 Å². The molecule has 0 unspecified atom stereocenters. The molecule has 0 aliphatic carbocycles. The Hall–Kier alpha value is -3.59. The Morgan fingerprint density at radius 2 is 1.83 bits per heavy atom. The van der Waals surface area contributed by atoms with E-state index in [2.05, 4.69) is 10.3 Å². The number of benzene rings is 2. The zero-order valence-electron chi connectivity index (χ0n) is 15.2. The number of carbonyl (C=O) groups is 1. The van der Waals surface area contributed by atoms with Crippen molar-refractivity contribution in [2.45, 2.75) is 6.18 Å². The molecule has 0 spiro atoms. The van der Waals surface area contributed by atoms with E-state index in [4.69, 9.17) is 11.1 Å². The van der Waals surface area contributed by atoms with Gasteiger partial charge < -0.3 is 10.3 Å². The van der Waals surface area contributed by atoms with Gasteiger partial charge in [0.15, 0.2) is 5.96 Å². The average Bonchev–Trinajstić information content (AvgIpc) is 3.05. The van der Waals surface area contributed by atoms with Gasteiger partial charge in [0, 0.05) is 23.2 Å². The molecule has 4 N–H and O–H groups in total. The fraction of sp³-hybridized carbons (Fsp3) is 0.0500. The van der Waals surface area contributed by atoms with E-state index in [1.54, 1.807) is 34.9 Å². The summed E-state index contributed by atoms with van der Waals surface area (Å²) >= 11 is 0. The van der Waals surface area contributed by atoms with E-state index < -0.39 is 23.6 Å². The minimum atomic E-state index is -4.49. The first-order valence-corrected chi connectivity index (χ1v) is 8.47. The van der Waals surface area contributed by atoms with Crippen molar-refractivity contribution < 1.29 is 18.0 Å². The quantitative estimate of drug-likeness (QED) is 0.326. The number of para-hydroxylation sites is 1. The second kappa shape index (κ2) is 7.68. The minimum Gasteiger partial charge on any atom is -0.370 e. The van der Waals surface area contributed by atoms with Crippen molar-refractivity contribution >= 4 is 46.1 Å². The van der Waals surface area contributed by atoms with Gasteiger partial charge in [0.05, 0.1) is 27.8 Å². The first-order chi connectivity index (χ1) is 13.8. The van der Waals surface area contributed by atoms with E-state index in [0.717, 1.165) is 12.1 Å². The molecule has 0 atom stereocenters. The zero-order valence-corrected chi connectivity index (χ0v) is 16.0. The van der Waals surface area contributed by atoms with Crippen molar-refractivity contribution in [2.75, 3.05) is 0 Å². The largest absolute Gasteiger partial charge is 0.416 e. The van der Waals surface area contributed by atoms with Gasteiger partial charge in [-0.2, -0.15) is 13.2 Å². The highest BCUT2D eigenvalue weighted by atomic mass is 35.5. The van der Waals surface area contributed by atoms with Gasteiger partial charge in [-0.1, -0.05) is 18.2 Å².